The zero-order valence-corrected chi connectivity index (χ0v) is 17.5. The molecular formula is C22H27NO6. The molecule has 0 aromatic heterocycles. The van der Waals surface area contributed by atoms with Crippen molar-refractivity contribution in [2.75, 3.05) is 27.9 Å². The zero-order valence-electron chi connectivity index (χ0n) is 17.5. The van der Waals surface area contributed by atoms with E-state index < -0.39 is 0 Å². The molecule has 3 rings (SSSR count). The molecule has 1 atom stereocenters. The number of hydrogen-bond donors (Lipinski definition) is 1. The van der Waals surface area contributed by atoms with Crippen molar-refractivity contribution < 1.29 is 28.5 Å². The molecule has 1 heterocycles. The molecule has 156 valence electrons. The molecule has 1 aliphatic rings. The number of ether oxygens (including phenoxy) is 5. The third-order valence-corrected chi connectivity index (χ3v) is 4.77. The molecule has 0 radical (unpaired) electrons. The quantitative estimate of drug-likeness (QED) is 0.731. The second-order valence-electron chi connectivity index (χ2n) is 6.72. The van der Waals surface area contributed by atoms with E-state index in [-0.39, 0.29) is 18.6 Å². The Morgan fingerprint density at radius 2 is 1.72 bits per heavy atom. The van der Waals surface area contributed by atoms with Crippen LogP contribution in [0.25, 0.3) is 0 Å². The van der Waals surface area contributed by atoms with Crippen molar-refractivity contribution in [1.29, 1.82) is 0 Å². The van der Waals surface area contributed by atoms with Gasteiger partial charge in [-0.2, -0.15) is 0 Å². The first-order chi connectivity index (χ1) is 14.0. The van der Waals surface area contributed by atoms with Crippen molar-refractivity contribution in [2.24, 2.45) is 0 Å². The van der Waals surface area contributed by atoms with Crippen LogP contribution in [0.3, 0.4) is 0 Å². The maximum absolute atomic E-state index is 12.9. The molecule has 0 spiro atoms. The first-order valence-corrected chi connectivity index (χ1v) is 9.54. The highest BCUT2D eigenvalue weighted by Gasteiger charge is 2.23. The molecule has 7 heteroatoms. The molecule has 7 nitrogen and oxygen atoms in total. The summed E-state index contributed by atoms with van der Waals surface area (Å²) in [7, 11) is 4.55. The number of methoxy groups -OCH3 is 3. The van der Waals surface area contributed by atoms with Crippen LogP contribution in [0.15, 0.2) is 24.3 Å². The molecule has 1 N–H and O–H groups in total. The standard InChI is InChI=1S/C22H27NO6/c1-6-28-17-8-14-7-13(2)29-18(14)9-15(17)12-23-22(24)16-10-20(26-4)21(27-5)11-19(16)25-3/h8-11,13H,6-7,12H2,1-5H3,(H,23,24)/t13-/m0/s1. The van der Waals surface area contributed by atoms with Crippen molar-refractivity contribution in [1.82, 2.24) is 5.32 Å². The number of benzene rings is 2. The summed E-state index contributed by atoms with van der Waals surface area (Å²) in [5, 5.41) is 2.93. The number of carbonyl (C=O) groups excluding carboxylic acids is 1. The van der Waals surface area contributed by atoms with Gasteiger partial charge in [-0.25, -0.2) is 0 Å². The predicted octanol–water partition coefficient (Wildman–Crippen LogP) is 3.36. The van der Waals surface area contributed by atoms with E-state index in [1.807, 2.05) is 26.0 Å². The zero-order chi connectivity index (χ0) is 21.0. The lowest BCUT2D eigenvalue weighted by Gasteiger charge is -2.16. The Labute approximate surface area is 170 Å². The van der Waals surface area contributed by atoms with Gasteiger partial charge in [0, 0.05) is 36.2 Å². The van der Waals surface area contributed by atoms with Gasteiger partial charge in [0.05, 0.1) is 33.5 Å². The Kier molecular flexibility index (Phi) is 6.36. The minimum Gasteiger partial charge on any atom is -0.496 e. The summed E-state index contributed by atoms with van der Waals surface area (Å²) in [4.78, 5) is 12.9. The van der Waals surface area contributed by atoms with Crippen molar-refractivity contribution in [3.63, 3.8) is 0 Å². The molecule has 0 fully saturated rings. The van der Waals surface area contributed by atoms with Crippen LogP contribution in [0.1, 0.15) is 35.3 Å². The summed E-state index contributed by atoms with van der Waals surface area (Å²) in [5.74, 6) is 2.64. The van der Waals surface area contributed by atoms with Crippen LogP contribution in [0.2, 0.25) is 0 Å². The summed E-state index contributed by atoms with van der Waals surface area (Å²) in [5.41, 5.74) is 2.33. The molecule has 1 aliphatic heterocycles. The second kappa shape index (κ2) is 8.94. The summed E-state index contributed by atoms with van der Waals surface area (Å²) in [6.45, 7) is 4.80. The number of hydrogen-bond acceptors (Lipinski definition) is 6. The molecule has 1 amide bonds. The minimum atomic E-state index is -0.292. The number of nitrogens with one attached hydrogen (secondary N) is 1. The van der Waals surface area contributed by atoms with Gasteiger partial charge in [-0.15, -0.1) is 0 Å². The topological polar surface area (TPSA) is 75.3 Å². The number of rotatable bonds is 8. The smallest absolute Gasteiger partial charge is 0.255 e. The van der Waals surface area contributed by atoms with Crippen LogP contribution in [0.5, 0.6) is 28.7 Å². The predicted molar refractivity (Wildman–Crippen MR) is 109 cm³/mol. The van der Waals surface area contributed by atoms with Crippen molar-refractivity contribution in [2.45, 2.75) is 32.9 Å². The third-order valence-electron chi connectivity index (χ3n) is 4.77. The molecule has 2 aromatic carbocycles. The summed E-state index contributed by atoms with van der Waals surface area (Å²) < 4.78 is 27.6. The fourth-order valence-electron chi connectivity index (χ4n) is 3.39. The average Bonchev–Trinajstić information content (AvgIpc) is 3.09. The van der Waals surface area contributed by atoms with E-state index >= 15 is 0 Å². The maximum atomic E-state index is 12.9. The Morgan fingerprint density at radius 3 is 2.38 bits per heavy atom. The van der Waals surface area contributed by atoms with Gasteiger partial charge in [-0.1, -0.05) is 0 Å². The van der Waals surface area contributed by atoms with Crippen LogP contribution in [0, 0.1) is 0 Å². The van der Waals surface area contributed by atoms with E-state index in [4.69, 9.17) is 23.7 Å². The van der Waals surface area contributed by atoms with Crippen LogP contribution in [-0.2, 0) is 13.0 Å². The van der Waals surface area contributed by atoms with E-state index in [0.717, 1.165) is 29.0 Å². The van der Waals surface area contributed by atoms with Crippen LogP contribution < -0.4 is 29.0 Å². The summed E-state index contributed by atoms with van der Waals surface area (Å²) in [6.07, 6.45) is 0.991. The fraction of sp³-hybridized carbons (Fsp3) is 0.409. The number of carbonyl (C=O) groups is 1. The van der Waals surface area contributed by atoms with Crippen LogP contribution in [0.4, 0.5) is 0 Å². The lowest BCUT2D eigenvalue weighted by molar-refractivity contribution is 0.0947. The number of amides is 1. The highest BCUT2D eigenvalue weighted by atomic mass is 16.5. The van der Waals surface area contributed by atoms with Gasteiger partial charge in [0.2, 0.25) is 0 Å². The first kappa shape index (κ1) is 20.6. The maximum Gasteiger partial charge on any atom is 0.255 e. The molecular weight excluding hydrogens is 374 g/mol. The highest BCUT2D eigenvalue weighted by molar-refractivity contribution is 5.97. The van der Waals surface area contributed by atoms with Gasteiger partial charge in [0.1, 0.15) is 23.4 Å². The van der Waals surface area contributed by atoms with Crippen molar-refractivity contribution in [3.8, 4) is 28.7 Å². The van der Waals surface area contributed by atoms with E-state index in [2.05, 4.69) is 5.32 Å². The Morgan fingerprint density at radius 1 is 1.03 bits per heavy atom. The van der Waals surface area contributed by atoms with Gasteiger partial charge >= 0.3 is 0 Å². The van der Waals surface area contributed by atoms with Crippen LogP contribution in [-0.4, -0.2) is 39.9 Å². The van der Waals surface area contributed by atoms with Gasteiger partial charge in [-0.05, 0) is 26.0 Å². The average molecular weight is 401 g/mol. The second-order valence-corrected chi connectivity index (χ2v) is 6.72. The van der Waals surface area contributed by atoms with Crippen LogP contribution >= 0.6 is 0 Å². The SMILES string of the molecule is CCOc1cc2c(cc1CNC(=O)c1cc(OC)c(OC)cc1OC)O[C@@H](C)C2. The van der Waals surface area contributed by atoms with E-state index in [0.29, 0.717) is 29.4 Å². The monoisotopic (exact) mass is 401 g/mol. The molecule has 0 bridgehead atoms. The van der Waals surface area contributed by atoms with Gasteiger partial charge in [-0.3, -0.25) is 4.79 Å². The molecule has 29 heavy (non-hydrogen) atoms. The molecule has 0 aliphatic carbocycles. The number of fused-ring (bicyclic) bond motifs is 1. The summed E-state index contributed by atoms with van der Waals surface area (Å²) >= 11 is 0. The molecule has 0 unspecified atom stereocenters. The largest absolute Gasteiger partial charge is 0.496 e. The third kappa shape index (κ3) is 4.34. The van der Waals surface area contributed by atoms with Gasteiger partial charge in [0.15, 0.2) is 11.5 Å². The normalized spacial score (nSPS) is 14.6. The van der Waals surface area contributed by atoms with Crippen molar-refractivity contribution >= 4 is 5.91 Å². The molecule has 2 aromatic rings. The van der Waals surface area contributed by atoms with Gasteiger partial charge < -0.3 is 29.0 Å². The minimum absolute atomic E-state index is 0.139. The van der Waals surface area contributed by atoms with E-state index in [1.54, 1.807) is 12.1 Å². The fourth-order valence-corrected chi connectivity index (χ4v) is 3.39. The van der Waals surface area contributed by atoms with E-state index in [9.17, 15) is 4.79 Å². The first-order valence-electron chi connectivity index (χ1n) is 9.54. The molecule has 0 saturated carbocycles. The van der Waals surface area contributed by atoms with Gasteiger partial charge in [0.25, 0.3) is 5.91 Å². The lowest BCUT2D eigenvalue weighted by Crippen LogP contribution is -2.24. The lowest BCUT2D eigenvalue weighted by atomic mass is 10.1. The Bertz CT molecular complexity index is 895. The Balaban J connectivity index is 1.83. The highest BCUT2D eigenvalue weighted by Crippen LogP contribution is 2.36. The Hall–Kier alpha value is -3.09. The van der Waals surface area contributed by atoms with Crippen molar-refractivity contribution in [3.05, 3.63) is 41.0 Å². The molecule has 0 saturated heterocycles. The summed E-state index contributed by atoms with van der Waals surface area (Å²) in [6, 6.07) is 7.17. The van der Waals surface area contributed by atoms with E-state index in [1.165, 1.54) is 21.3 Å².